The standard InChI is InChI=1S/C11H10N2O5/c14-11(15)6-9-5-10(12-18-9)7-2-1-3-8(4-7)13(16)17/h1-5,9,12H,6H2,(H,14,15). The highest BCUT2D eigenvalue weighted by Gasteiger charge is 2.21. The summed E-state index contributed by atoms with van der Waals surface area (Å²) in [4.78, 5) is 25.7. The van der Waals surface area contributed by atoms with Crippen LogP contribution in [0.25, 0.3) is 5.70 Å². The molecule has 0 aromatic heterocycles. The van der Waals surface area contributed by atoms with Crippen LogP contribution < -0.4 is 5.48 Å². The first-order chi connectivity index (χ1) is 8.56. The summed E-state index contributed by atoms with van der Waals surface area (Å²) >= 11 is 0. The van der Waals surface area contributed by atoms with Crippen LogP contribution in [0.2, 0.25) is 0 Å². The summed E-state index contributed by atoms with van der Waals surface area (Å²) in [5.41, 5.74) is 3.65. The SMILES string of the molecule is O=C(O)CC1C=C(c2cccc([N+](=O)[O-])c2)NO1. The molecule has 1 aliphatic heterocycles. The monoisotopic (exact) mass is 250 g/mol. The Bertz CT molecular complexity index is 526. The van der Waals surface area contributed by atoms with Crippen molar-refractivity contribution in [1.29, 1.82) is 0 Å². The van der Waals surface area contributed by atoms with E-state index in [0.717, 1.165) is 0 Å². The number of benzene rings is 1. The van der Waals surface area contributed by atoms with Crippen LogP contribution in [0.3, 0.4) is 0 Å². The van der Waals surface area contributed by atoms with Crippen LogP contribution in [-0.2, 0) is 9.63 Å². The van der Waals surface area contributed by atoms with E-state index in [1.165, 1.54) is 12.1 Å². The molecule has 0 spiro atoms. The second-order valence-corrected chi connectivity index (χ2v) is 3.74. The summed E-state index contributed by atoms with van der Waals surface area (Å²) in [5.74, 6) is -0.974. The molecule has 0 aliphatic carbocycles. The number of carboxylic acids is 1. The quantitative estimate of drug-likeness (QED) is 0.617. The number of carboxylic acid groups (broad SMARTS) is 1. The molecule has 2 N–H and O–H groups in total. The minimum Gasteiger partial charge on any atom is -0.481 e. The molecule has 0 amide bonds. The van der Waals surface area contributed by atoms with Crippen LogP contribution >= 0.6 is 0 Å². The minimum atomic E-state index is -0.974. The van der Waals surface area contributed by atoms with Gasteiger partial charge in [0.15, 0.2) is 0 Å². The second kappa shape index (κ2) is 4.84. The summed E-state index contributed by atoms with van der Waals surface area (Å²) in [6.07, 6.45) is 0.857. The van der Waals surface area contributed by atoms with Gasteiger partial charge in [0, 0.05) is 17.7 Å². The number of hydroxylamine groups is 1. The second-order valence-electron chi connectivity index (χ2n) is 3.74. The van der Waals surface area contributed by atoms with Crippen LogP contribution in [-0.4, -0.2) is 22.1 Å². The Balaban J connectivity index is 2.20. The molecule has 7 nitrogen and oxygen atoms in total. The van der Waals surface area contributed by atoms with Crippen LogP contribution in [0, 0.1) is 10.1 Å². The van der Waals surface area contributed by atoms with E-state index in [1.807, 2.05) is 0 Å². The van der Waals surface area contributed by atoms with Gasteiger partial charge in [0.1, 0.15) is 6.10 Å². The molecular formula is C11H10N2O5. The van der Waals surface area contributed by atoms with Gasteiger partial charge in [-0.2, -0.15) is 0 Å². The number of aliphatic carboxylic acids is 1. The number of carbonyl (C=O) groups is 1. The van der Waals surface area contributed by atoms with Gasteiger partial charge in [0.25, 0.3) is 5.69 Å². The number of non-ortho nitro benzene ring substituents is 1. The molecule has 1 aliphatic rings. The number of nitrogens with zero attached hydrogens (tertiary/aromatic N) is 1. The van der Waals surface area contributed by atoms with Crippen molar-refractivity contribution in [3.63, 3.8) is 0 Å². The highest BCUT2D eigenvalue weighted by atomic mass is 16.7. The fourth-order valence-electron chi connectivity index (χ4n) is 1.61. The van der Waals surface area contributed by atoms with Gasteiger partial charge in [0.05, 0.1) is 17.0 Å². The van der Waals surface area contributed by atoms with Crippen LogP contribution in [0.15, 0.2) is 30.3 Å². The topological polar surface area (TPSA) is 102 Å². The average molecular weight is 250 g/mol. The Kier molecular flexibility index (Phi) is 3.24. The first-order valence-corrected chi connectivity index (χ1v) is 5.16. The van der Waals surface area contributed by atoms with Crippen molar-refractivity contribution in [2.75, 3.05) is 0 Å². The largest absolute Gasteiger partial charge is 0.481 e. The van der Waals surface area contributed by atoms with E-state index in [9.17, 15) is 14.9 Å². The lowest BCUT2D eigenvalue weighted by Gasteiger charge is -2.04. The van der Waals surface area contributed by atoms with E-state index >= 15 is 0 Å². The van der Waals surface area contributed by atoms with Gasteiger partial charge in [0.2, 0.25) is 0 Å². The molecule has 1 aromatic rings. The maximum absolute atomic E-state index is 10.6. The van der Waals surface area contributed by atoms with Gasteiger partial charge in [-0.1, -0.05) is 12.1 Å². The zero-order chi connectivity index (χ0) is 13.1. The van der Waals surface area contributed by atoms with Crippen molar-refractivity contribution >= 4 is 17.4 Å². The van der Waals surface area contributed by atoms with E-state index in [0.29, 0.717) is 11.3 Å². The zero-order valence-corrected chi connectivity index (χ0v) is 9.20. The molecule has 7 heteroatoms. The normalized spacial score (nSPS) is 18.0. The number of rotatable bonds is 4. The molecule has 0 bridgehead atoms. The number of hydrogen-bond donors (Lipinski definition) is 2. The fraction of sp³-hybridized carbons (Fsp3) is 0.182. The third-order valence-electron chi connectivity index (χ3n) is 2.42. The molecule has 1 aromatic carbocycles. The summed E-state index contributed by atoms with van der Waals surface area (Å²) in [6, 6.07) is 6.01. The maximum Gasteiger partial charge on any atom is 0.306 e. The van der Waals surface area contributed by atoms with Crippen molar-refractivity contribution in [1.82, 2.24) is 5.48 Å². The molecule has 0 saturated heterocycles. The van der Waals surface area contributed by atoms with E-state index in [1.54, 1.807) is 18.2 Å². The predicted molar refractivity (Wildman–Crippen MR) is 61.3 cm³/mol. The number of nitrogens with one attached hydrogen (secondary N) is 1. The summed E-state index contributed by atoms with van der Waals surface area (Å²) in [7, 11) is 0. The smallest absolute Gasteiger partial charge is 0.306 e. The Labute approximate surface area is 102 Å². The Morgan fingerprint density at radius 3 is 3.00 bits per heavy atom. The first-order valence-electron chi connectivity index (χ1n) is 5.16. The van der Waals surface area contributed by atoms with Gasteiger partial charge in [-0.15, -0.1) is 0 Å². The highest BCUT2D eigenvalue weighted by Crippen LogP contribution is 2.23. The van der Waals surface area contributed by atoms with Crippen LogP contribution in [0.1, 0.15) is 12.0 Å². The highest BCUT2D eigenvalue weighted by molar-refractivity contribution is 5.71. The first kappa shape index (κ1) is 12.1. The number of hydrogen-bond acceptors (Lipinski definition) is 5. The minimum absolute atomic E-state index is 0.0307. The third-order valence-corrected chi connectivity index (χ3v) is 2.42. The van der Waals surface area contributed by atoms with Crippen molar-refractivity contribution in [2.24, 2.45) is 0 Å². The van der Waals surface area contributed by atoms with Gasteiger partial charge in [-0.3, -0.25) is 25.2 Å². The summed E-state index contributed by atoms with van der Waals surface area (Å²) in [5, 5.41) is 19.3. The molecular weight excluding hydrogens is 240 g/mol. The molecule has 2 rings (SSSR count). The van der Waals surface area contributed by atoms with Gasteiger partial charge in [-0.05, 0) is 6.08 Å². The predicted octanol–water partition coefficient (Wildman–Crippen LogP) is 1.31. The molecule has 1 unspecified atom stereocenters. The van der Waals surface area contributed by atoms with Crippen molar-refractivity contribution < 1.29 is 19.7 Å². The Morgan fingerprint density at radius 1 is 1.56 bits per heavy atom. The lowest BCUT2D eigenvalue weighted by Crippen LogP contribution is -2.15. The van der Waals surface area contributed by atoms with Crippen molar-refractivity contribution in [2.45, 2.75) is 12.5 Å². The maximum atomic E-state index is 10.6. The van der Waals surface area contributed by atoms with Crippen molar-refractivity contribution in [3.8, 4) is 0 Å². The van der Waals surface area contributed by atoms with Gasteiger partial charge in [-0.25, -0.2) is 0 Å². The van der Waals surface area contributed by atoms with Gasteiger partial charge >= 0.3 is 5.97 Å². The number of nitro groups is 1. The zero-order valence-electron chi connectivity index (χ0n) is 9.20. The van der Waals surface area contributed by atoms with E-state index < -0.39 is 17.0 Å². The molecule has 94 valence electrons. The number of nitro benzene ring substituents is 1. The van der Waals surface area contributed by atoms with E-state index in [-0.39, 0.29) is 12.1 Å². The van der Waals surface area contributed by atoms with Gasteiger partial charge < -0.3 is 5.11 Å². The van der Waals surface area contributed by atoms with Crippen LogP contribution in [0.4, 0.5) is 5.69 Å². The molecule has 1 atom stereocenters. The summed E-state index contributed by atoms with van der Waals surface area (Å²) in [6.45, 7) is 0. The van der Waals surface area contributed by atoms with E-state index in [4.69, 9.17) is 9.94 Å². The average Bonchev–Trinajstić information content (AvgIpc) is 2.77. The molecule has 0 saturated carbocycles. The lowest BCUT2D eigenvalue weighted by atomic mass is 10.1. The lowest BCUT2D eigenvalue weighted by molar-refractivity contribution is -0.384. The third kappa shape index (κ3) is 2.64. The van der Waals surface area contributed by atoms with Crippen molar-refractivity contribution in [3.05, 3.63) is 46.0 Å². The Morgan fingerprint density at radius 2 is 2.33 bits per heavy atom. The van der Waals surface area contributed by atoms with E-state index in [2.05, 4.69) is 5.48 Å². The summed E-state index contributed by atoms with van der Waals surface area (Å²) < 4.78 is 0. The van der Waals surface area contributed by atoms with Crippen LogP contribution in [0.5, 0.6) is 0 Å². The molecule has 1 heterocycles. The molecule has 0 radical (unpaired) electrons. The molecule has 18 heavy (non-hydrogen) atoms. The Hall–Kier alpha value is -2.41. The fourth-order valence-corrected chi connectivity index (χ4v) is 1.61. The molecule has 0 fully saturated rings.